The lowest BCUT2D eigenvalue weighted by atomic mass is 9.97. The molecule has 26 heavy (non-hydrogen) atoms. The summed E-state index contributed by atoms with van der Waals surface area (Å²) >= 11 is 0. The van der Waals surface area contributed by atoms with Crippen LogP contribution in [-0.4, -0.2) is 26.8 Å². The summed E-state index contributed by atoms with van der Waals surface area (Å²) in [6.07, 6.45) is 3.64. The lowest BCUT2D eigenvalue weighted by Crippen LogP contribution is -2.16. The molecular formula is C18H17F3N4O. The molecule has 8 heteroatoms. The number of hydrogen-bond acceptors (Lipinski definition) is 3. The number of nitrogens with one attached hydrogen (secondary N) is 1. The van der Waals surface area contributed by atoms with Crippen molar-refractivity contribution in [3.8, 4) is 11.1 Å². The van der Waals surface area contributed by atoms with Crippen LogP contribution in [-0.2, 0) is 11.8 Å². The molecule has 1 aliphatic carbocycles. The number of aromatic nitrogens is 3. The van der Waals surface area contributed by atoms with E-state index < -0.39 is 17.7 Å². The second-order valence-corrected chi connectivity index (χ2v) is 6.04. The van der Waals surface area contributed by atoms with Gasteiger partial charge in [0.2, 0.25) is 5.91 Å². The zero-order valence-corrected chi connectivity index (χ0v) is 14.0. The van der Waals surface area contributed by atoms with Crippen LogP contribution in [0.15, 0.2) is 54.0 Å². The van der Waals surface area contributed by atoms with Crippen molar-refractivity contribution in [2.45, 2.75) is 25.4 Å². The van der Waals surface area contributed by atoms with E-state index in [-0.39, 0.29) is 19.3 Å². The van der Waals surface area contributed by atoms with E-state index in [4.69, 9.17) is 0 Å². The zero-order chi connectivity index (χ0) is 18.7. The molecule has 0 unspecified atom stereocenters. The van der Waals surface area contributed by atoms with Crippen molar-refractivity contribution in [1.29, 1.82) is 0 Å². The first-order valence-electron chi connectivity index (χ1n) is 8.03. The number of rotatable bonds is 4. The van der Waals surface area contributed by atoms with Crippen molar-refractivity contribution in [2.24, 2.45) is 7.05 Å². The number of amides is 1. The first-order valence-corrected chi connectivity index (χ1v) is 8.03. The molecule has 5 nitrogen and oxygen atoms in total. The predicted octanol–water partition coefficient (Wildman–Crippen LogP) is 4.02. The van der Waals surface area contributed by atoms with E-state index in [1.54, 1.807) is 35.3 Å². The maximum Gasteiger partial charge on any atom is 0.412 e. The minimum atomic E-state index is -4.35. The van der Waals surface area contributed by atoms with Crippen molar-refractivity contribution in [3.63, 3.8) is 0 Å². The number of alkyl halides is 3. The summed E-state index contributed by atoms with van der Waals surface area (Å²) in [6.45, 7) is 0. The summed E-state index contributed by atoms with van der Waals surface area (Å²) in [5, 5.41) is 6.68. The molecule has 0 atom stereocenters. The Kier molecular flexibility index (Phi) is 4.92. The SMILES string of the molecule is Cn1cc(-c2ccc(NC(=O)CC3=CCCC(C(F)(F)F)=C3)nc2)cn1. The standard InChI is InChI=1S/C18H17F3N4O/c1-25-11-14(10-23-25)13-5-6-16(22-9-13)24-17(26)8-12-3-2-4-15(7-12)18(19,20)21/h3,5-7,9-11H,2,4,8H2,1H3,(H,22,24,26). The number of allylic oxidation sites excluding steroid dienone is 3. The average molecular weight is 362 g/mol. The number of carbonyl (C=O) groups is 1. The Hall–Kier alpha value is -2.90. The summed E-state index contributed by atoms with van der Waals surface area (Å²) in [4.78, 5) is 16.2. The van der Waals surface area contributed by atoms with Gasteiger partial charge in [-0.15, -0.1) is 0 Å². The van der Waals surface area contributed by atoms with Crippen LogP contribution >= 0.6 is 0 Å². The smallest absolute Gasteiger partial charge is 0.310 e. The average Bonchev–Trinajstić information content (AvgIpc) is 3.01. The van der Waals surface area contributed by atoms with E-state index in [2.05, 4.69) is 15.4 Å². The molecule has 136 valence electrons. The van der Waals surface area contributed by atoms with Crippen molar-refractivity contribution < 1.29 is 18.0 Å². The number of halogens is 3. The first kappa shape index (κ1) is 17.9. The molecule has 0 saturated heterocycles. The molecular weight excluding hydrogens is 345 g/mol. The zero-order valence-electron chi connectivity index (χ0n) is 14.0. The van der Waals surface area contributed by atoms with Gasteiger partial charge in [-0.2, -0.15) is 18.3 Å². The molecule has 0 bridgehead atoms. The van der Waals surface area contributed by atoms with Crippen molar-refractivity contribution in [2.75, 3.05) is 5.32 Å². The highest BCUT2D eigenvalue weighted by molar-refractivity contribution is 5.92. The molecule has 0 aromatic carbocycles. The molecule has 0 spiro atoms. The molecule has 0 aliphatic heterocycles. The summed E-state index contributed by atoms with van der Waals surface area (Å²) in [5.41, 5.74) is 1.52. The highest BCUT2D eigenvalue weighted by Gasteiger charge is 2.33. The lowest BCUT2D eigenvalue weighted by molar-refractivity contribution is -0.115. The molecule has 1 amide bonds. The molecule has 2 aromatic heterocycles. The Morgan fingerprint density at radius 3 is 2.69 bits per heavy atom. The highest BCUT2D eigenvalue weighted by Crippen LogP contribution is 2.33. The fourth-order valence-corrected chi connectivity index (χ4v) is 2.70. The number of hydrogen-bond donors (Lipinski definition) is 1. The highest BCUT2D eigenvalue weighted by atomic mass is 19.4. The van der Waals surface area contributed by atoms with E-state index in [1.807, 2.05) is 13.2 Å². The quantitative estimate of drug-likeness (QED) is 0.894. The van der Waals surface area contributed by atoms with E-state index >= 15 is 0 Å². The van der Waals surface area contributed by atoms with Gasteiger partial charge in [-0.3, -0.25) is 9.48 Å². The fourth-order valence-electron chi connectivity index (χ4n) is 2.70. The van der Waals surface area contributed by atoms with Crippen LogP contribution in [0.25, 0.3) is 11.1 Å². The normalized spacial score (nSPS) is 14.6. The van der Waals surface area contributed by atoms with Crippen molar-refractivity contribution in [3.05, 3.63) is 54.0 Å². The van der Waals surface area contributed by atoms with Crippen LogP contribution < -0.4 is 5.32 Å². The van der Waals surface area contributed by atoms with E-state index in [0.29, 0.717) is 11.4 Å². The maximum absolute atomic E-state index is 12.8. The predicted molar refractivity (Wildman–Crippen MR) is 91.1 cm³/mol. The Morgan fingerprint density at radius 1 is 1.27 bits per heavy atom. The van der Waals surface area contributed by atoms with Crippen LogP contribution in [0, 0.1) is 0 Å². The Morgan fingerprint density at radius 2 is 2.08 bits per heavy atom. The van der Waals surface area contributed by atoms with E-state index in [0.717, 1.165) is 17.2 Å². The molecule has 2 aromatic rings. The van der Waals surface area contributed by atoms with Crippen molar-refractivity contribution in [1.82, 2.24) is 14.8 Å². The van der Waals surface area contributed by atoms with Gasteiger partial charge in [0.15, 0.2) is 0 Å². The van der Waals surface area contributed by atoms with Gasteiger partial charge in [0.1, 0.15) is 5.82 Å². The number of aryl methyl sites for hydroxylation is 1. The van der Waals surface area contributed by atoms with Gasteiger partial charge in [0, 0.05) is 36.1 Å². The number of nitrogens with zero attached hydrogens (tertiary/aromatic N) is 3. The second kappa shape index (κ2) is 7.15. The van der Waals surface area contributed by atoms with Gasteiger partial charge in [-0.25, -0.2) is 4.98 Å². The molecule has 1 aliphatic rings. The van der Waals surface area contributed by atoms with Gasteiger partial charge >= 0.3 is 6.18 Å². The number of pyridine rings is 1. The molecule has 0 radical (unpaired) electrons. The van der Waals surface area contributed by atoms with Crippen LogP contribution in [0.4, 0.5) is 19.0 Å². The Balaban J connectivity index is 1.62. The van der Waals surface area contributed by atoms with Gasteiger partial charge in [-0.1, -0.05) is 12.2 Å². The summed E-state index contributed by atoms with van der Waals surface area (Å²) in [6, 6.07) is 3.44. The molecule has 2 heterocycles. The maximum atomic E-state index is 12.8. The van der Waals surface area contributed by atoms with Gasteiger partial charge in [0.25, 0.3) is 0 Å². The third kappa shape index (κ3) is 4.38. The monoisotopic (exact) mass is 362 g/mol. The Labute approximate surface area is 148 Å². The van der Waals surface area contributed by atoms with E-state index in [1.165, 1.54) is 0 Å². The Bertz CT molecular complexity index is 863. The van der Waals surface area contributed by atoms with E-state index in [9.17, 15) is 18.0 Å². The minimum absolute atomic E-state index is 0.0496. The third-order valence-corrected chi connectivity index (χ3v) is 3.98. The van der Waals surface area contributed by atoms with Crippen LogP contribution in [0.3, 0.4) is 0 Å². The third-order valence-electron chi connectivity index (χ3n) is 3.98. The fraction of sp³-hybridized carbons (Fsp3) is 0.278. The van der Waals surface area contributed by atoms with Crippen molar-refractivity contribution >= 4 is 11.7 Å². The molecule has 3 rings (SSSR count). The topological polar surface area (TPSA) is 59.8 Å². The molecule has 0 fully saturated rings. The first-order chi connectivity index (χ1) is 12.3. The second-order valence-electron chi connectivity index (χ2n) is 6.04. The number of anilines is 1. The van der Waals surface area contributed by atoms with Crippen LogP contribution in [0.5, 0.6) is 0 Å². The van der Waals surface area contributed by atoms with Crippen LogP contribution in [0.1, 0.15) is 19.3 Å². The van der Waals surface area contributed by atoms with Gasteiger partial charge in [-0.05, 0) is 30.5 Å². The lowest BCUT2D eigenvalue weighted by Gasteiger charge is -2.16. The largest absolute Gasteiger partial charge is 0.412 e. The van der Waals surface area contributed by atoms with Gasteiger partial charge < -0.3 is 5.32 Å². The summed E-state index contributed by atoms with van der Waals surface area (Å²) in [5.74, 6) is -0.0587. The minimum Gasteiger partial charge on any atom is -0.310 e. The number of carbonyl (C=O) groups excluding carboxylic acids is 1. The summed E-state index contributed by atoms with van der Waals surface area (Å²) in [7, 11) is 1.81. The van der Waals surface area contributed by atoms with Crippen LogP contribution in [0.2, 0.25) is 0 Å². The molecule has 1 N–H and O–H groups in total. The summed E-state index contributed by atoms with van der Waals surface area (Å²) < 4.78 is 40.0. The molecule has 0 saturated carbocycles. The van der Waals surface area contributed by atoms with Gasteiger partial charge in [0.05, 0.1) is 12.6 Å².